The van der Waals surface area contributed by atoms with Gasteiger partial charge in [0.1, 0.15) is 5.52 Å². The second-order valence-electron chi connectivity index (χ2n) is 6.62. The third kappa shape index (κ3) is 4.98. The molecule has 7 heteroatoms. The first-order valence-electron chi connectivity index (χ1n) is 8.18. The Bertz CT molecular complexity index is 864. The van der Waals surface area contributed by atoms with E-state index in [1.54, 1.807) is 24.8 Å². The average molecular weight is 351 g/mol. The molecule has 0 bridgehead atoms. The van der Waals surface area contributed by atoms with Crippen molar-refractivity contribution in [3.05, 3.63) is 60.3 Å². The number of hydrogen-bond donors (Lipinski definition) is 0. The summed E-state index contributed by atoms with van der Waals surface area (Å²) in [5.74, 6) is 0.521. The van der Waals surface area contributed by atoms with Gasteiger partial charge < -0.3 is 4.43 Å². The van der Waals surface area contributed by atoms with Crippen LogP contribution in [0.1, 0.15) is 17.5 Å². The number of nitrogens with zero attached hydrogens (tertiary/aromatic N) is 5. The number of hydrogen-bond acceptors (Lipinski definition) is 6. The quantitative estimate of drug-likeness (QED) is 0.502. The minimum atomic E-state index is -1.69. The van der Waals surface area contributed by atoms with Gasteiger partial charge in [-0.15, -0.1) is 0 Å². The van der Waals surface area contributed by atoms with Gasteiger partial charge in [-0.2, -0.15) is 0 Å². The number of benzene rings is 1. The molecule has 128 valence electrons. The van der Waals surface area contributed by atoms with Crippen LogP contribution < -0.4 is 0 Å². The molecule has 3 aromatic rings. The Hall–Kier alpha value is -2.51. The van der Waals surface area contributed by atoms with Crippen LogP contribution in [0.4, 0.5) is 0 Å². The molecule has 0 N–H and O–H groups in total. The molecule has 3 rings (SSSR count). The zero-order chi connectivity index (χ0) is 17.7. The van der Waals surface area contributed by atoms with Crippen molar-refractivity contribution in [1.29, 1.82) is 0 Å². The molecule has 0 spiro atoms. The predicted molar refractivity (Wildman–Crippen MR) is 101 cm³/mol. The zero-order valence-electron chi connectivity index (χ0n) is 14.6. The van der Waals surface area contributed by atoms with Crippen molar-refractivity contribution in [2.45, 2.75) is 25.7 Å². The van der Waals surface area contributed by atoms with Crippen LogP contribution in [0.2, 0.25) is 19.6 Å². The minimum Gasteiger partial charge on any atom is -0.409 e. The summed E-state index contributed by atoms with van der Waals surface area (Å²) in [6.07, 6.45) is 6.49. The molecule has 0 aliphatic carbocycles. The Kier molecular flexibility index (Phi) is 5.25. The van der Waals surface area contributed by atoms with Crippen LogP contribution in [0.25, 0.3) is 11.2 Å². The molecule has 1 atom stereocenters. The maximum absolute atomic E-state index is 6.29. The van der Waals surface area contributed by atoms with E-state index in [4.69, 9.17) is 4.43 Å². The van der Waals surface area contributed by atoms with Gasteiger partial charge in [-0.1, -0.05) is 30.3 Å². The van der Waals surface area contributed by atoms with Gasteiger partial charge in [0.25, 0.3) is 0 Å². The van der Waals surface area contributed by atoms with Crippen molar-refractivity contribution in [1.82, 2.24) is 19.9 Å². The molecule has 0 fully saturated rings. The lowest BCUT2D eigenvalue weighted by molar-refractivity contribution is 0.207. The summed E-state index contributed by atoms with van der Waals surface area (Å²) < 4.78 is 6.29. The van der Waals surface area contributed by atoms with Crippen LogP contribution in [0.5, 0.6) is 0 Å². The summed E-state index contributed by atoms with van der Waals surface area (Å²) >= 11 is 0. The SMILES string of the molecule is C[Si](C)(C)OC(CN=Cc1ncc2nccnc2n1)c1ccccc1. The van der Waals surface area contributed by atoms with Gasteiger partial charge in [-0.3, -0.25) is 4.99 Å². The first-order valence-corrected chi connectivity index (χ1v) is 11.6. The predicted octanol–water partition coefficient (Wildman–Crippen LogP) is 3.43. The summed E-state index contributed by atoms with van der Waals surface area (Å²) in [7, 11) is -1.69. The van der Waals surface area contributed by atoms with Crippen LogP contribution >= 0.6 is 0 Å². The lowest BCUT2D eigenvalue weighted by atomic mass is 10.1. The fourth-order valence-electron chi connectivity index (χ4n) is 2.38. The first-order chi connectivity index (χ1) is 12.0. The van der Waals surface area contributed by atoms with E-state index in [-0.39, 0.29) is 6.10 Å². The third-order valence-electron chi connectivity index (χ3n) is 3.39. The van der Waals surface area contributed by atoms with E-state index in [0.717, 1.165) is 5.56 Å². The van der Waals surface area contributed by atoms with Crippen molar-refractivity contribution in [2.75, 3.05) is 6.54 Å². The standard InChI is InChI=1S/C18H21N5OSi/c1-25(2,3)24-16(14-7-5-4-6-8-14)12-19-13-17-22-11-15-18(23-17)21-10-9-20-15/h4-11,13,16H,12H2,1-3H3. The van der Waals surface area contributed by atoms with Gasteiger partial charge >= 0.3 is 0 Å². The van der Waals surface area contributed by atoms with Crippen molar-refractivity contribution >= 4 is 25.7 Å². The molecule has 0 saturated heterocycles. The maximum atomic E-state index is 6.29. The Morgan fingerprint density at radius 1 is 1.08 bits per heavy atom. The normalized spacial score (nSPS) is 13.4. The van der Waals surface area contributed by atoms with Gasteiger partial charge in [0.15, 0.2) is 19.8 Å². The van der Waals surface area contributed by atoms with Crippen LogP contribution in [-0.4, -0.2) is 41.0 Å². The zero-order valence-corrected chi connectivity index (χ0v) is 15.6. The van der Waals surface area contributed by atoms with E-state index in [2.05, 4.69) is 56.7 Å². The molecule has 0 saturated carbocycles. The second kappa shape index (κ2) is 7.58. The first kappa shape index (κ1) is 17.3. The fraction of sp³-hybridized carbons (Fsp3) is 0.278. The Morgan fingerprint density at radius 3 is 2.60 bits per heavy atom. The largest absolute Gasteiger partial charge is 0.409 e. The van der Waals surface area contributed by atoms with Gasteiger partial charge in [0.2, 0.25) is 0 Å². The molecule has 2 aromatic heterocycles. The molecule has 0 amide bonds. The van der Waals surface area contributed by atoms with E-state index in [9.17, 15) is 0 Å². The molecule has 1 aromatic carbocycles. The number of fused-ring (bicyclic) bond motifs is 1. The highest BCUT2D eigenvalue weighted by Crippen LogP contribution is 2.22. The van der Waals surface area contributed by atoms with Crippen molar-refractivity contribution in [3.63, 3.8) is 0 Å². The smallest absolute Gasteiger partial charge is 0.184 e. The molecule has 25 heavy (non-hydrogen) atoms. The number of rotatable bonds is 6. The molecule has 6 nitrogen and oxygen atoms in total. The van der Waals surface area contributed by atoms with Crippen molar-refractivity contribution in [2.24, 2.45) is 4.99 Å². The van der Waals surface area contributed by atoms with Crippen LogP contribution in [0.15, 0.2) is 53.9 Å². The van der Waals surface area contributed by atoms with Crippen LogP contribution in [-0.2, 0) is 4.43 Å². The Morgan fingerprint density at radius 2 is 1.84 bits per heavy atom. The second-order valence-corrected chi connectivity index (χ2v) is 11.1. The summed E-state index contributed by atoms with van der Waals surface area (Å²) in [4.78, 5) is 21.5. The lowest BCUT2D eigenvalue weighted by Crippen LogP contribution is -2.29. The van der Waals surface area contributed by atoms with Gasteiger partial charge in [-0.25, -0.2) is 19.9 Å². The number of aromatic nitrogens is 4. The summed E-state index contributed by atoms with van der Waals surface area (Å²) in [6.45, 7) is 7.06. The molecule has 0 radical (unpaired) electrons. The molecule has 1 unspecified atom stereocenters. The average Bonchev–Trinajstić information content (AvgIpc) is 2.60. The van der Waals surface area contributed by atoms with E-state index < -0.39 is 8.32 Å². The third-order valence-corrected chi connectivity index (χ3v) is 4.38. The van der Waals surface area contributed by atoms with E-state index >= 15 is 0 Å². The van der Waals surface area contributed by atoms with Crippen molar-refractivity contribution in [3.8, 4) is 0 Å². The van der Waals surface area contributed by atoms with Gasteiger partial charge in [0.05, 0.1) is 25.1 Å². The minimum absolute atomic E-state index is 0.0654. The fourth-order valence-corrected chi connectivity index (χ4v) is 3.44. The Balaban J connectivity index is 1.76. The molecule has 0 aliphatic heterocycles. The molecule has 0 aliphatic rings. The summed E-state index contributed by atoms with van der Waals surface area (Å²) in [5.41, 5.74) is 2.37. The van der Waals surface area contributed by atoms with E-state index in [1.165, 1.54) is 0 Å². The monoisotopic (exact) mass is 351 g/mol. The molecule has 2 heterocycles. The highest BCUT2D eigenvalue weighted by atomic mass is 28.4. The maximum Gasteiger partial charge on any atom is 0.184 e. The van der Waals surface area contributed by atoms with Gasteiger partial charge in [-0.05, 0) is 25.2 Å². The number of aliphatic imine (C=N–C) groups is 1. The van der Waals surface area contributed by atoms with E-state index in [1.807, 2.05) is 18.2 Å². The van der Waals surface area contributed by atoms with Crippen LogP contribution in [0.3, 0.4) is 0 Å². The summed E-state index contributed by atoms with van der Waals surface area (Å²) in [5, 5.41) is 0. The highest BCUT2D eigenvalue weighted by molar-refractivity contribution is 6.69. The topological polar surface area (TPSA) is 73.2 Å². The molecular formula is C18H21N5OSi. The van der Waals surface area contributed by atoms with E-state index in [0.29, 0.717) is 23.5 Å². The van der Waals surface area contributed by atoms with Crippen LogP contribution in [0, 0.1) is 0 Å². The lowest BCUT2D eigenvalue weighted by Gasteiger charge is -2.25. The highest BCUT2D eigenvalue weighted by Gasteiger charge is 2.22. The Labute approximate surface area is 148 Å². The van der Waals surface area contributed by atoms with Crippen molar-refractivity contribution < 1.29 is 4.43 Å². The summed E-state index contributed by atoms with van der Waals surface area (Å²) in [6, 6.07) is 10.2. The molecular weight excluding hydrogens is 330 g/mol. The van der Waals surface area contributed by atoms with Gasteiger partial charge in [0, 0.05) is 12.4 Å².